The molecule has 3 aromatic rings. The minimum Gasteiger partial charge on any atom is -0.507 e. The Kier molecular flexibility index (Phi) is 5.74. The lowest BCUT2D eigenvalue weighted by Gasteiger charge is -2.26. The monoisotopic (exact) mass is 474 g/mol. The van der Waals surface area contributed by atoms with E-state index in [0.29, 0.717) is 41.4 Å². The van der Waals surface area contributed by atoms with E-state index in [4.69, 9.17) is 14.2 Å². The summed E-state index contributed by atoms with van der Waals surface area (Å²) in [7, 11) is 1.40. The zero-order valence-corrected chi connectivity index (χ0v) is 18.8. The quantitative estimate of drug-likeness (QED) is 0.329. The van der Waals surface area contributed by atoms with E-state index in [2.05, 4.69) is 4.98 Å². The third-order valence-corrected chi connectivity index (χ3v) is 5.95. The van der Waals surface area contributed by atoms with Crippen LogP contribution in [-0.2, 0) is 16.1 Å². The molecule has 9 heteroatoms. The topological polar surface area (TPSA) is 118 Å². The van der Waals surface area contributed by atoms with Gasteiger partial charge in [-0.2, -0.15) is 0 Å². The second kappa shape index (κ2) is 9.02. The highest BCUT2D eigenvalue weighted by Gasteiger charge is 2.46. The highest BCUT2D eigenvalue weighted by Crippen LogP contribution is 2.43. The van der Waals surface area contributed by atoms with Crippen molar-refractivity contribution in [1.29, 1.82) is 0 Å². The molecule has 1 saturated heterocycles. The maximum atomic E-state index is 13.3. The minimum absolute atomic E-state index is 0.0803. The van der Waals surface area contributed by atoms with Crippen LogP contribution >= 0.6 is 0 Å². The standard InChI is InChI=1S/C26H22N2O7/c1-33-20-11-16(4-6-18(20)29)23-22(24(30)17-5-7-19-21(12-17)35-10-9-34-19)25(31)26(32)28(23)14-15-3-2-8-27-13-15/h2-8,11-13,23,29-30H,9-10,14H2,1H3. The van der Waals surface area contributed by atoms with Crippen LogP contribution in [0.25, 0.3) is 5.76 Å². The number of hydrogen-bond acceptors (Lipinski definition) is 8. The highest BCUT2D eigenvalue weighted by atomic mass is 16.6. The van der Waals surface area contributed by atoms with Crippen molar-refractivity contribution in [3.05, 3.63) is 83.2 Å². The number of ether oxygens (including phenoxy) is 3. The number of phenols is 1. The fourth-order valence-electron chi connectivity index (χ4n) is 4.29. The number of rotatable bonds is 5. The van der Waals surface area contributed by atoms with Crippen molar-refractivity contribution in [3.63, 3.8) is 0 Å². The van der Waals surface area contributed by atoms with Crippen molar-refractivity contribution >= 4 is 17.4 Å². The third kappa shape index (κ3) is 4.01. The molecule has 1 aromatic heterocycles. The zero-order valence-electron chi connectivity index (χ0n) is 18.8. The molecule has 1 atom stereocenters. The fraction of sp³-hybridized carbons (Fsp3) is 0.192. The Morgan fingerprint density at radius 1 is 1.11 bits per heavy atom. The number of aromatic nitrogens is 1. The molecular formula is C26H22N2O7. The molecule has 0 saturated carbocycles. The molecule has 1 amide bonds. The number of nitrogens with zero attached hydrogens (tertiary/aromatic N) is 2. The Morgan fingerprint density at radius 3 is 2.66 bits per heavy atom. The number of likely N-dealkylation sites (tertiary alicyclic amines) is 1. The molecule has 0 spiro atoms. The number of methoxy groups -OCH3 is 1. The lowest BCUT2D eigenvalue weighted by atomic mass is 9.94. The summed E-state index contributed by atoms with van der Waals surface area (Å²) in [5.41, 5.74) is 1.43. The Balaban J connectivity index is 1.65. The number of carbonyl (C=O) groups is 2. The van der Waals surface area contributed by atoms with E-state index in [0.717, 1.165) is 0 Å². The first-order valence-electron chi connectivity index (χ1n) is 10.9. The first-order valence-corrected chi connectivity index (χ1v) is 10.9. The summed E-state index contributed by atoms with van der Waals surface area (Å²) in [5.74, 6) is -0.868. The predicted octanol–water partition coefficient (Wildman–Crippen LogP) is 3.19. The molecule has 2 aliphatic rings. The largest absolute Gasteiger partial charge is 0.507 e. The number of phenolic OH excluding ortho intramolecular Hbond substituents is 1. The molecular weight excluding hydrogens is 452 g/mol. The van der Waals surface area contributed by atoms with Gasteiger partial charge in [-0.1, -0.05) is 12.1 Å². The van der Waals surface area contributed by atoms with Gasteiger partial charge in [-0.15, -0.1) is 0 Å². The minimum atomic E-state index is -0.932. The molecule has 0 aliphatic carbocycles. The van der Waals surface area contributed by atoms with Crippen LogP contribution in [0.5, 0.6) is 23.0 Å². The van der Waals surface area contributed by atoms with Crippen molar-refractivity contribution in [2.75, 3.05) is 20.3 Å². The van der Waals surface area contributed by atoms with Crippen LogP contribution in [0.1, 0.15) is 22.7 Å². The van der Waals surface area contributed by atoms with Gasteiger partial charge in [-0.3, -0.25) is 14.6 Å². The lowest BCUT2D eigenvalue weighted by molar-refractivity contribution is -0.140. The van der Waals surface area contributed by atoms with Crippen LogP contribution in [0.2, 0.25) is 0 Å². The van der Waals surface area contributed by atoms with Crippen LogP contribution in [0, 0.1) is 0 Å². The van der Waals surface area contributed by atoms with E-state index in [-0.39, 0.29) is 29.4 Å². The van der Waals surface area contributed by atoms with E-state index < -0.39 is 17.7 Å². The van der Waals surface area contributed by atoms with E-state index in [1.807, 2.05) is 0 Å². The van der Waals surface area contributed by atoms with Gasteiger partial charge in [-0.25, -0.2) is 0 Å². The predicted molar refractivity (Wildman–Crippen MR) is 124 cm³/mol. The molecule has 1 fully saturated rings. The van der Waals surface area contributed by atoms with Crippen LogP contribution in [0.4, 0.5) is 0 Å². The molecule has 178 valence electrons. The normalized spacial score (nSPS) is 18.5. The summed E-state index contributed by atoms with van der Waals surface area (Å²) in [4.78, 5) is 31.9. The maximum Gasteiger partial charge on any atom is 0.295 e. The van der Waals surface area contributed by atoms with Gasteiger partial charge < -0.3 is 29.3 Å². The molecule has 1 unspecified atom stereocenters. The van der Waals surface area contributed by atoms with Crippen molar-refractivity contribution in [3.8, 4) is 23.0 Å². The highest BCUT2D eigenvalue weighted by molar-refractivity contribution is 6.46. The van der Waals surface area contributed by atoms with Gasteiger partial charge in [0.1, 0.15) is 19.0 Å². The average Bonchev–Trinajstić information content (AvgIpc) is 3.14. The first kappa shape index (κ1) is 22.3. The first-order chi connectivity index (χ1) is 17.0. The van der Waals surface area contributed by atoms with Gasteiger partial charge in [0.15, 0.2) is 23.0 Å². The number of amides is 1. The molecule has 5 rings (SSSR count). The van der Waals surface area contributed by atoms with Crippen LogP contribution < -0.4 is 14.2 Å². The summed E-state index contributed by atoms with van der Waals surface area (Å²) in [6, 6.07) is 12.0. The molecule has 0 radical (unpaired) electrons. The van der Waals surface area contributed by atoms with E-state index in [1.54, 1.807) is 54.9 Å². The summed E-state index contributed by atoms with van der Waals surface area (Å²) < 4.78 is 16.4. The SMILES string of the molecule is COc1cc(C2C(=C(O)c3ccc4c(c3)OCCO4)C(=O)C(=O)N2Cc2cccnc2)ccc1O. The number of carbonyl (C=O) groups excluding carboxylic acids is 2. The van der Waals surface area contributed by atoms with Gasteiger partial charge in [0.2, 0.25) is 0 Å². The number of pyridine rings is 1. The van der Waals surface area contributed by atoms with Crippen molar-refractivity contribution in [2.45, 2.75) is 12.6 Å². The Bertz CT molecular complexity index is 1340. The smallest absolute Gasteiger partial charge is 0.295 e. The second-order valence-electron chi connectivity index (χ2n) is 8.08. The zero-order chi connectivity index (χ0) is 24.5. The molecule has 9 nitrogen and oxygen atoms in total. The van der Waals surface area contributed by atoms with Gasteiger partial charge in [0, 0.05) is 24.5 Å². The third-order valence-electron chi connectivity index (χ3n) is 5.95. The number of hydrogen-bond donors (Lipinski definition) is 2. The van der Waals surface area contributed by atoms with Crippen LogP contribution in [0.3, 0.4) is 0 Å². The van der Waals surface area contributed by atoms with Gasteiger partial charge in [-0.05, 0) is 47.5 Å². The summed E-state index contributed by atoms with van der Waals surface area (Å²) in [6.07, 6.45) is 3.22. The van der Waals surface area contributed by atoms with Gasteiger partial charge >= 0.3 is 0 Å². The van der Waals surface area contributed by atoms with Crippen LogP contribution in [0.15, 0.2) is 66.5 Å². The summed E-state index contributed by atoms with van der Waals surface area (Å²) in [5, 5.41) is 21.4. The number of benzene rings is 2. The number of fused-ring (bicyclic) bond motifs is 1. The van der Waals surface area contributed by atoms with Crippen molar-refractivity contribution < 1.29 is 34.0 Å². The summed E-state index contributed by atoms with van der Waals surface area (Å²) in [6.45, 7) is 0.866. The number of ketones is 1. The molecule has 3 heterocycles. The Morgan fingerprint density at radius 2 is 1.91 bits per heavy atom. The lowest BCUT2D eigenvalue weighted by Crippen LogP contribution is -2.29. The van der Waals surface area contributed by atoms with Gasteiger partial charge in [0.05, 0.1) is 18.7 Å². The summed E-state index contributed by atoms with van der Waals surface area (Å²) >= 11 is 0. The molecule has 2 aliphatic heterocycles. The van der Waals surface area contributed by atoms with Crippen molar-refractivity contribution in [2.24, 2.45) is 0 Å². The van der Waals surface area contributed by atoms with Crippen molar-refractivity contribution in [1.82, 2.24) is 9.88 Å². The van der Waals surface area contributed by atoms with Crippen LogP contribution in [-0.4, -0.2) is 52.1 Å². The maximum absolute atomic E-state index is 13.3. The average molecular weight is 474 g/mol. The fourth-order valence-corrected chi connectivity index (χ4v) is 4.29. The number of aliphatic hydroxyl groups excluding tert-OH is 1. The second-order valence-corrected chi connectivity index (χ2v) is 8.08. The van der Waals surface area contributed by atoms with E-state index >= 15 is 0 Å². The molecule has 35 heavy (non-hydrogen) atoms. The Labute approximate surface area is 200 Å². The van der Waals surface area contributed by atoms with E-state index in [1.165, 1.54) is 18.1 Å². The molecule has 2 aromatic carbocycles. The Hall–Kier alpha value is -4.53. The molecule has 0 bridgehead atoms. The number of Topliss-reactive ketones (excluding diaryl/α,β-unsaturated/α-hetero) is 1. The van der Waals surface area contributed by atoms with Gasteiger partial charge in [0.25, 0.3) is 11.7 Å². The van der Waals surface area contributed by atoms with E-state index in [9.17, 15) is 19.8 Å². The number of aromatic hydroxyl groups is 1. The molecule has 2 N–H and O–H groups in total. The number of aliphatic hydroxyl groups is 1.